The highest BCUT2D eigenvalue weighted by Crippen LogP contribution is 2.20. The number of aliphatic hydroxyl groups excluding tert-OH is 1. The molecule has 2 N–H and O–H groups in total. The van der Waals surface area contributed by atoms with Crippen molar-refractivity contribution in [3.8, 4) is 0 Å². The molecule has 84 valence electrons. The van der Waals surface area contributed by atoms with Gasteiger partial charge in [-0.2, -0.15) is 0 Å². The summed E-state index contributed by atoms with van der Waals surface area (Å²) in [4.78, 5) is 0. The van der Waals surface area contributed by atoms with Crippen LogP contribution in [0.3, 0.4) is 0 Å². The Hall–Kier alpha value is -0.170. The molecule has 0 atom stereocenters. The first kappa shape index (κ1) is 11.9. The number of rotatable bonds is 6. The van der Waals surface area contributed by atoms with E-state index in [-0.39, 0.29) is 17.9 Å². The zero-order valence-electron chi connectivity index (χ0n) is 8.27. The number of sulfonamides is 1. The highest BCUT2D eigenvalue weighted by molar-refractivity contribution is 7.89. The number of methoxy groups -OCH3 is 1. The fourth-order valence-corrected chi connectivity index (χ4v) is 2.71. The Kier molecular flexibility index (Phi) is 4.31. The molecule has 0 spiro atoms. The quantitative estimate of drug-likeness (QED) is 0.593. The first-order valence-corrected chi connectivity index (χ1v) is 6.36. The second-order valence-electron chi connectivity index (χ2n) is 3.61. The molecule has 14 heavy (non-hydrogen) atoms. The van der Waals surface area contributed by atoms with Crippen molar-refractivity contribution in [3.05, 3.63) is 0 Å². The fourth-order valence-electron chi connectivity index (χ4n) is 1.39. The van der Waals surface area contributed by atoms with Crippen molar-refractivity contribution in [3.63, 3.8) is 0 Å². The lowest BCUT2D eigenvalue weighted by Gasteiger charge is -2.31. The number of hydrogen-bond donors (Lipinski definition) is 2. The maximum absolute atomic E-state index is 11.4. The normalized spacial score (nSPS) is 27.3. The van der Waals surface area contributed by atoms with E-state index >= 15 is 0 Å². The van der Waals surface area contributed by atoms with Gasteiger partial charge in [-0.25, -0.2) is 13.1 Å². The fraction of sp³-hybridized carbons (Fsp3) is 1.00. The molecule has 0 bridgehead atoms. The van der Waals surface area contributed by atoms with E-state index in [0.29, 0.717) is 25.9 Å². The van der Waals surface area contributed by atoms with Gasteiger partial charge in [-0.1, -0.05) is 0 Å². The second-order valence-corrected chi connectivity index (χ2v) is 5.48. The van der Waals surface area contributed by atoms with Crippen LogP contribution in [0.1, 0.15) is 19.3 Å². The lowest BCUT2D eigenvalue weighted by molar-refractivity contribution is 0.0712. The predicted octanol–water partition coefficient (Wildman–Crippen LogP) is -0.534. The third-order valence-electron chi connectivity index (χ3n) is 2.22. The van der Waals surface area contributed by atoms with Crippen LogP contribution in [-0.2, 0) is 14.8 Å². The third-order valence-corrected chi connectivity index (χ3v) is 3.74. The molecule has 1 aliphatic carbocycles. The molecular formula is C8H17NO4S. The van der Waals surface area contributed by atoms with Crippen molar-refractivity contribution >= 4 is 10.0 Å². The van der Waals surface area contributed by atoms with Crippen LogP contribution in [0.5, 0.6) is 0 Å². The van der Waals surface area contributed by atoms with E-state index in [2.05, 4.69) is 4.72 Å². The Morgan fingerprint density at radius 3 is 2.64 bits per heavy atom. The van der Waals surface area contributed by atoms with Gasteiger partial charge in [0, 0.05) is 19.8 Å². The molecule has 1 saturated carbocycles. The van der Waals surface area contributed by atoms with Crippen LogP contribution in [0, 0.1) is 0 Å². The Morgan fingerprint density at radius 1 is 1.50 bits per heavy atom. The first-order valence-electron chi connectivity index (χ1n) is 4.70. The Bertz CT molecular complexity index is 259. The summed E-state index contributed by atoms with van der Waals surface area (Å²) in [6.45, 7) is 0.453. The average Bonchev–Trinajstić information content (AvgIpc) is 2.01. The monoisotopic (exact) mass is 223 g/mol. The number of hydrogen-bond acceptors (Lipinski definition) is 4. The molecule has 0 unspecified atom stereocenters. The minimum atomic E-state index is -3.18. The molecular weight excluding hydrogens is 206 g/mol. The molecule has 1 rings (SSSR count). The van der Waals surface area contributed by atoms with E-state index in [1.807, 2.05) is 0 Å². The van der Waals surface area contributed by atoms with Crippen molar-refractivity contribution in [2.75, 3.05) is 19.5 Å². The molecule has 1 fully saturated rings. The van der Waals surface area contributed by atoms with Gasteiger partial charge in [0.15, 0.2) is 0 Å². The Morgan fingerprint density at radius 2 is 2.14 bits per heavy atom. The minimum Gasteiger partial charge on any atom is -0.393 e. The SMILES string of the molecule is COCCCS(=O)(=O)NC1CC(O)C1. The summed E-state index contributed by atoms with van der Waals surface area (Å²) in [5.41, 5.74) is 0. The summed E-state index contributed by atoms with van der Waals surface area (Å²) in [7, 11) is -1.63. The van der Waals surface area contributed by atoms with Crippen LogP contribution in [0.4, 0.5) is 0 Å². The maximum Gasteiger partial charge on any atom is 0.211 e. The number of nitrogens with one attached hydrogen (secondary N) is 1. The van der Waals surface area contributed by atoms with E-state index in [9.17, 15) is 8.42 Å². The van der Waals surface area contributed by atoms with Gasteiger partial charge in [-0.05, 0) is 19.3 Å². The summed E-state index contributed by atoms with van der Waals surface area (Å²) >= 11 is 0. The van der Waals surface area contributed by atoms with E-state index in [1.165, 1.54) is 0 Å². The van der Waals surface area contributed by atoms with Crippen LogP contribution in [0.2, 0.25) is 0 Å². The number of ether oxygens (including phenoxy) is 1. The number of aliphatic hydroxyl groups is 1. The minimum absolute atomic E-state index is 0.0717. The van der Waals surface area contributed by atoms with E-state index in [0.717, 1.165) is 0 Å². The van der Waals surface area contributed by atoms with Gasteiger partial charge in [0.2, 0.25) is 10.0 Å². The molecule has 0 radical (unpaired) electrons. The molecule has 6 heteroatoms. The molecule has 1 aliphatic rings. The van der Waals surface area contributed by atoms with Crippen LogP contribution in [0.25, 0.3) is 0 Å². The molecule has 5 nitrogen and oxygen atoms in total. The molecule has 0 heterocycles. The zero-order chi connectivity index (χ0) is 10.6. The van der Waals surface area contributed by atoms with Crippen molar-refractivity contribution in [2.24, 2.45) is 0 Å². The third kappa shape index (κ3) is 3.91. The van der Waals surface area contributed by atoms with E-state index < -0.39 is 10.0 Å². The highest BCUT2D eigenvalue weighted by Gasteiger charge is 2.30. The standard InChI is InChI=1S/C8H17NO4S/c1-13-3-2-4-14(11,12)9-7-5-8(10)6-7/h7-10H,2-6H2,1H3. The predicted molar refractivity (Wildman–Crippen MR) is 52.4 cm³/mol. The molecule has 0 saturated heterocycles. The van der Waals surface area contributed by atoms with E-state index in [1.54, 1.807) is 7.11 Å². The van der Waals surface area contributed by atoms with Crippen LogP contribution >= 0.6 is 0 Å². The smallest absolute Gasteiger partial charge is 0.211 e. The molecule has 0 aromatic heterocycles. The largest absolute Gasteiger partial charge is 0.393 e. The summed E-state index contributed by atoms with van der Waals surface area (Å²) < 4.78 is 30.0. The van der Waals surface area contributed by atoms with Crippen LogP contribution < -0.4 is 4.72 Å². The van der Waals surface area contributed by atoms with Crippen molar-refractivity contribution in [1.82, 2.24) is 4.72 Å². The molecule has 0 aromatic carbocycles. The van der Waals surface area contributed by atoms with E-state index in [4.69, 9.17) is 9.84 Å². The van der Waals surface area contributed by atoms with Gasteiger partial charge in [0.05, 0.1) is 11.9 Å². The van der Waals surface area contributed by atoms with Crippen molar-refractivity contribution < 1.29 is 18.3 Å². The molecule has 0 aromatic rings. The van der Waals surface area contributed by atoms with Gasteiger partial charge < -0.3 is 9.84 Å². The second kappa shape index (κ2) is 5.06. The van der Waals surface area contributed by atoms with Gasteiger partial charge >= 0.3 is 0 Å². The zero-order valence-corrected chi connectivity index (χ0v) is 9.09. The highest BCUT2D eigenvalue weighted by atomic mass is 32.2. The van der Waals surface area contributed by atoms with Crippen LogP contribution in [-0.4, -0.2) is 45.1 Å². The van der Waals surface area contributed by atoms with Crippen molar-refractivity contribution in [1.29, 1.82) is 0 Å². The summed E-state index contributed by atoms with van der Waals surface area (Å²) in [6.07, 6.45) is 1.23. The average molecular weight is 223 g/mol. The summed E-state index contributed by atoms with van der Waals surface area (Å²) in [5.74, 6) is 0.0907. The Balaban J connectivity index is 2.21. The Labute approximate surface area is 84.5 Å². The van der Waals surface area contributed by atoms with Gasteiger partial charge in [0.25, 0.3) is 0 Å². The van der Waals surface area contributed by atoms with Crippen LogP contribution in [0.15, 0.2) is 0 Å². The molecule has 0 aliphatic heterocycles. The topological polar surface area (TPSA) is 75.6 Å². The summed E-state index contributed by atoms with van der Waals surface area (Å²) in [5, 5.41) is 8.97. The van der Waals surface area contributed by atoms with Gasteiger partial charge in [-0.3, -0.25) is 0 Å². The van der Waals surface area contributed by atoms with Gasteiger partial charge in [0.1, 0.15) is 0 Å². The molecule has 0 amide bonds. The lowest BCUT2D eigenvalue weighted by atomic mass is 9.91. The lowest BCUT2D eigenvalue weighted by Crippen LogP contribution is -2.47. The first-order chi connectivity index (χ1) is 6.53. The summed E-state index contributed by atoms with van der Waals surface area (Å²) in [6, 6.07) is -0.0717. The maximum atomic E-state index is 11.4. The van der Waals surface area contributed by atoms with Gasteiger partial charge in [-0.15, -0.1) is 0 Å². The van der Waals surface area contributed by atoms with Crippen molar-refractivity contribution in [2.45, 2.75) is 31.4 Å².